The van der Waals surface area contributed by atoms with E-state index < -0.39 is 41.8 Å². The number of nitrogens with zero attached hydrogens (tertiary/aromatic N) is 3. The Morgan fingerprint density at radius 1 is 1.18 bits per heavy atom. The van der Waals surface area contributed by atoms with Crippen molar-refractivity contribution in [2.24, 2.45) is 5.73 Å². The van der Waals surface area contributed by atoms with Gasteiger partial charge in [-0.25, -0.2) is 13.8 Å². The average Bonchev–Trinajstić information content (AvgIpc) is 3.25. The summed E-state index contributed by atoms with van der Waals surface area (Å²) in [5, 5.41) is 6.52. The quantitative estimate of drug-likeness (QED) is 0.243. The lowest BCUT2D eigenvalue weighted by molar-refractivity contribution is -0.141. The summed E-state index contributed by atoms with van der Waals surface area (Å²) in [5.74, 6) is -1.81. The first kappa shape index (κ1) is 26.2. The van der Waals surface area contributed by atoms with E-state index in [1.165, 1.54) is 24.3 Å². The van der Waals surface area contributed by atoms with Crippen LogP contribution in [0.5, 0.6) is 0 Å². The minimum Gasteiger partial charge on any atom is -0.365 e. The normalized spacial score (nSPS) is 14.8. The highest BCUT2D eigenvalue weighted by molar-refractivity contribution is 7.21. The monoisotopic (exact) mass is 569 g/mol. The number of thiophene rings is 2. The molecular weight excluding hydrogens is 549 g/mol. The van der Waals surface area contributed by atoms with Crippen molar-refractivity contribution in [3.05, 3.63) is 51.1 Å². The summed E-state index contributed by atoms with van der Waals surface area (Å²) in [7, 11) is 0. The number of primary amides is 1. The van der Waals surface area contributed by atoms with Gasteiger partial charge in [0.25, 0.3) is 12.3 Å². The number of amides is 2. The van der Waals surface area contributed by atoms with Crippen LogP contribution in [0.4, 0.5) is 27.6 Å². The van der Waals surface area contributed by atoms with E-state index in [2.05, 4.69) is 15.4 Å². The van der Waals surface area contributed by atoms with Crippen molar-refractivity contribution in [3.63, 3.8) is 0 Å². The second-order valence-electron chi connectivity index (χ2n) is 8.99. The van der Waals surface area contributed by atoms with Crippen LogP contribution in [-0.4, -0.2) is 26.6 Å². The molecule has 1 aliphatic rings. The SMILES string of the molecule is Cc1ccc(-c2cc(C(F)F)nc3sc(C(N)=O)c(NC(=O)C(C)n4nc(C(F)(F)F)cc4C4CC4)c23)s1. The van der Waals surface area contributed by atoms with Gasteiger partial charge in [0.2, 0.25) is 5.91 Å². The Kier molecular flexibility index (Phi) is 6.50. The van der Waals surface area contributed by atoms with E-state index in [9.17, 15) is 31.5 Å². The first-order chi connectivity index (χ1) is 17.8. The van der Waals surface area contributed by atoms with E-state index in [-0.39, 0.29) is 26.7 Å². The van der Waals surface area contributed by atoms with Gasteiger partial charge in [0.05, 0.1) is 5.69 Å². The molecule has 1 fully saturated rings. The molecule has 0 spiro atoms. The first-order valence-electron chi connectivity index (χ1n) is 11.4. The van der Waals surface area contributed by atoms with Crippen LogP contribution in [-0.2, 0) is 11.0 Å². The number of aryl methyl sites for hydroxylation is 1. The molecule has 0 aliphatic heterocycles. The Morgan fingerprint density at radius 2 is 1.89 bits per heavy atom. The van der Waals surface area contributed by atoms with E-state index in [1.54, 1.807) is 12.1 Å². The molecule has 0 saturated heterocycles. The van der Waals surface area contributed by atoms with E-state index in [1.807, 2.05) is 6.92 Å². The number of anilines is 1. The van der Waals surface area contributed by atoms with Crippen molar-refractivity contribution in [1.82, 2.24) is 14.8 Å². The number of hydrogen-bond acceptors (Lipinski definition) is 6. The molecule has 2 amide bonds. The molecule has 4 aromatic heterocycles. The molecular formula is C24H20F5N5O2S2. The largest absolute Gasteiger partial charge is 0.435 e. The van der Waals surface area contributed by atoms with Crippen molar-refractivity contribution in [1.29, 1.82) is 0 Å². The summed E-state index contributed by atoms with van der Waals surface area (Å²) >= 11 is 2.08. The Labute approximate surface area is 220 Å². The predicted octanol–water partition coefficient (Wildman–Crippen LogP) is 6.66. The maximum absolute atomic E-state index is 13.7. The van der Waals surface area contributed by atoms with E-state index >= 15 is 0 Å². The predicted molar refractivity (Wildman–Crippen MR) is 134 cm³/mol. The minimum absolute atomic E-state index is 0.0279. The number of hydrogen-bond donors (Lipinski definition) is 2. The number of nitrogens with one attached hydrogen (secondary N) is 1. The fourth-order valence-electron chi connectivity index (χ4n) is 4.18. The Hall–Kier alpha value is -3.39. The number of pyridine rings is 1. The number of fused-ring (bicyclic) bond motifs is 1. The lowest BCUT2D eigenvalue weighted by Crippen LogP contribution is -2.27. The highest BCUT2D eigenvalue weighted by atomic mass is 32.1. The standard InChI is InChI=1S/C24H20F5N5O2S2/c1-9-3-6-15(37-9)12-7-13(20(25)26)31-23-17(12)18(19(38-23)21(30)35)32-22(36)10(2)34-14(11-4-5-11)8-16(33-34)24(27,28)29/h3,6-8,10-11,20H,4-5H2,1-2H3,(H2,30,35)(H,32,36). The molecule has 0 bridgehead atoms. The number of carbonyl (C=O) groups excluding carboxylic acids is 2. The number of alkyl halides is 5. The van der Waals surface area contributed by atoms with E-state index in [4.69, 9.17) is 5.73 Å². The number of nitrogens with two attached hydrogens (primary N) is 1. The second kappa shape index (κ2) is 9.42. The summed E-state index contributed by atoms with van der Waals surface area (Å²) < 4.78 is 68.4. The van der Waals surface area contributed by atoms with Crippen LogP contribution in [0.3, 0.4) is 0 Å². The molecule has 1 unspecified atom stereocenters. The summed E-state index contributed by atoms with van der Waals surface area (Å²) in [4.78, 5) is 31.1. The highest BCUT2D eigenvalue weighted by Crippen LogP contribution is 2.45. The van der Waals surface area contributed by atoms with Gasteiger partial charge in [-0.15, -0.1) is 22.7 Å². The number of halogens is 5. The highest BCUT2D eigenvalue weighted by Gasteiger charge is 2.39. The van der Waals surface area contributed by atoms with Crippen LogP contribution < -0.4 is 11.1 Å². The van der Waals surface area contributed by atoms with E-state index in [0.29, 0.717) is 29.0 Å². The summed E-state index contributed by atoms with van der Waals surface area (Å²) in [6, 6.07) is 4.49. The Balaban J connectivity index is 1.61. The first-order valence-corrected chi connectivity index (χ1v) is 13.1. The molecule has 3 N–H and O–H groups in total. The van der Waals surface area contributed by atoms with Crippen LogP contribution in [0.15, 0.2) is 24.3 Å². The summed E-state index contributed by atoms with van der Waals surface area (Å²) in [6.45, 7) is 3.23. The maximum Gasteiger partial charge on any atom is 0.435 e. The van der Waals surface area contributed by atoms with Gasteiger partial charge in [-0.3, -0.25) is 14.3 Å². The zero-order valence-electron chi connectivity index (χ0n) is 19.9. The molecule has 7 nitrogen and oxygen atoms in total. The van der Waals surface area contributed by atoms with Gasteiger partial charge in [0, 0.05) is 32.3 Å². The fraction of sp³-hybridized carbons (Fsp3) is 0.333. The number of rotatable bonds is 7. The van der Waals surface area contributed by atoms with Gasteiger partial charge in [-0.2, -0.15) is 18.3 Å². The van der Waals surface area contributed by atoms with Crippen LogP contribution >= 0.6 is 22.7 Å². The van der Waals surface area contributed by atoms with Gasteiger partial charge in [0.1, 0.15) is 21.4 Å². The van der Waals surface area contributed by atoms with Gasteiger partial charge in [-0.05, 0) is 51.0 Å². The second-order valence-corrected chi connectivity index (χ2v) is 11.3. The smallest absolute Gasteiger partial charge is 0.365 e. The van der Waals surface area contributed by atoms with Crippen molar-refractivity contribution < 1.29 is 31.5 Å². The summed E-state index contributed by atoms with van der Waals surface area (Å²) in [6.07, 6.45) is -6.21. The van der Waals surface area contributed by atoms with E-state index in [0.717, 1.165) is 27.0 Å². The third-order valence-electron chi connectivity index (χ3n) is 6.18. The van der Waals surface area contributed by atoms with Crippen molar-refractivity contribution in [2.75, 3.05) is 5.32 Å². The molecule has 14 heteroatoms. The Morgan fingerprint density at radius 3 is 2.45 bits per heavy atom. The van der Waals surface area contributed by atoms with Crippen molar-refractivity contribution in [3.8, 4) is 10.4 Å². The van der Waals surface area contributed by atoms with Gasteiger partial charge in [0.15, 0.2) is 5.69 Å². The maximum atomic E-state index is 13.7. The zero-order valence-corrected chi connectivity index (χ0v) is 21.5. The molecule has 1 saturated carbocycles. The van der Waals surface area contributed by atoms with Gasteiger partial charge >= 0.3 is 6.18 Å². The third kappa shape index (κ3) is 4.77. The Bertz CT molecular complexity index is 1570. The van der Waals surface area contributed by atoms with Crippen LogP contribution in [0.2, 0.25) is 0 Å². The molecule has 0 radical (unpaired) electrons. The molecule has 1 aliphatic carbocycles. The molecule has 5 rings (SSSR count). The topological polar surface area (TPSA) is 103 Å². The molecule has 1 atom stereocenters. The van der Waals surface area contributed by atoms with Crippen LogP contribution in [0.1, 0.15) is 69.8 Å². The number of carbonyl (C=O) groups is 2. The fourth-order valence-corrected chi connectivity index (χ4v) is 6.08. The third-order valence-corrected chi connectivity index (χ3v) is 8.31. The molecule has 38 heavy (non-hydrogen) atoms. The lowest BCUT2D eigenvalue weighted by Gasteiger charge is -2.16. The van der Waals surface area contributed by atoms with Crippen LogP contribution in [0, 0.1) is 6.92 Å². The molecule has 4 aromatic rings. The van der Waals surface area contributed by atoms with Gasteiger partial charge < -0.3 is 11.1 Å². The zero-order chi connectivity index (χ0) is 27.5. The van der Waals surface area contributed by atoms with Crippen molar-refractivity contribution in [2.45, 2.75) is 51.3 Å². The van der Waals surface area contributed by atoms with Gasteiger partial charge in [-0.1, -0.05) is 0 Å². The lowest BCUT2D eigenvalue weighted by atomic mass is 10.1. The minimum atomic E-state index is -4.68. The van der Waals surface area contributed by atoms with Crippen LogP contribution in [0.25, 0.3) is 20.7 Å². The van der Waals surface area contributed by atoms with Crippen molar-refractivity contribution >= 4 is 50.4 Å². The number of aromatic nitrogens is 3. The molecule has 4 heterocycles. The summed E-state index contributed by atoms with van der Waals surface area (Å²) in [5.41, 5.74) is 4.55. The average molecular weight is 570 g/mol. The molecule has 0 aromatic carbocycles. The molecule has 200 valence electrons.